The number of carbonyl (C=O) groups is 1. The van der Waals surface area contributed by atoms with E-state index in [1.54, 1.807) is 0 Å². The van der Waals surface area contributed by atoms with Crippen LogP contribution in [-0.4, -0.2) is 32.2 Å². The van der Waals surface area contributed by atoms with Crippen molar-refractivity contribution < 1.29 is 48.5 Å². The third kappa shape index (κ3) is 5.96. The van der Waals surface area contributed by atoms with Gasteiger partial charge in [-0.1, -0.05) is 0 Å². The SMILES string of the molecule is CCS(=O)(=O)ON(C)C(C)=O.[H-].[Na+]. The van der Waals surface area contributed by atoms with Gasteiger partial charge >= 0.3 is 29.6 Å². The fourth-order valence-corrected chi connectivity index (χ4v) is 0.827. The van der Waals surface area contributed by atoms with Gasteiger partial charge in [-0.2, -0.15) is 8.42 Å². The number of hydrogen-bond acceptors (Lipinski definition) is 4. The van der Waals surface area contributed by atoms with Crippen molar-refractivity contribution in [2.75, 3.05) is 12.8 Å². The molecule has 0 rings (SSSR count). The molecule has 7 heteroatoms. The van der Waals surface area contributed by atoms with Crippen LogP contribution in [0.3, 0.4) is 0 Å². The van der Waals surface area contributed by atoms with Gasteiger partial charge < -0.3 is 1.43 Å². The molecule has 5 nitrogen and oxygen atoms in total. The Hall–Kier alpha value is 0.380. The van der Waals surface area contributed by atoms with Crippen LogP contribution in [0.1, 0.15) is 15.3 Å². The topological polar surface area (TPSA) is 63.7 Å². The zero-order valence-electron chi connectivity index (χ0n) is 8.70. The summed E-state index contributed by atoms with van der Waals surface area (Å²) in [6.07, 6.45) is 0. The third-order valence-corrected chi connectivity index (χ3v) is 2.18. The minimum absolute atomic E-state index is 0. The van der Waals surface area contributed by atoms with Gasteiger partial charge in [0.15, 0.2) is 0 Å². The van der Waals surface area contributed by atoms with Crippen LogP contribution in [0.15, 0.2) is 0 Å². The zero-order valence-corrected chi connectivity index (χ0v) is 10.5. The van der Waals surface area contributed by atoms with Gasteiger partial charge in [0, 0.05) is 14.0 Å². The summed E-state index contributed by atoms with van der Waals surface area (Å²) >= 11 is 0. The fraction of sp³-hybridized carbons (Fsp3) is 0.800. The number of carbonyl (C=O) groups excluding carboxylic acids is 1. The molecule has 0 aliphatic rings. The monoisotopic (exact) mass is 205 g/mol. The summed E-state index contributed by atoms with van der Waals surface area (Å²) in [5.74, 6) is -0.605. The second-order valence-electron chi connectivity index (χ2n) is 1.94. The molecule has 0 radical (unpaired) electrons. The summed E-state index contributed by atoms with van der Waals surface area (Å²) in [5.41, 5.74) is 0. The molecule has 0 bridgehead atoms. The summed E-state index contributed by atoms with van der Waals surface area (Å²) < 4.78 is 25.7. The van der Waals surface area contributed by atoms with Crippen LogP contribution in [0, 0.1) is 0 Å². The molecule has 0 aromatic rings. The van der Waals surface area contributed by atoms with E-state index in [9.17, 15) is 13.2 Å². The van der Waals surface area contributed by atoms with Crippen LogP contribution in [0.25, 0.3) is 0 Å². The zero-order chi connectivity index (χ0) is 9.07. The smallest absolute Gasteiger partial charge is 1.00 e. The van der Waals surface area contributed by atoms with E-state index >= 15 is 0 Å². The summed E-state index contributed by atoms with van der Waals surface area (Å²) in [6.45, 7) is 2.65. The predicted octanol–water partition coefficient (Wildman–Crippen LogP) is -3.14. The summed E-state index contributed by atoms with van der Waals surface area (Å²) in [6, 6.07) is 0. The standard InChI is InChI=1S/C5H11NO4S.Na.H/c1-4-11(8,9)10-6(3)5(2)7;;/h4H2,1-3H3;;/q;+1;-1. The van der Waals surface area contributed by atoms with E-state index in [2.05, 4.69) is 4.28 Å². The van der Waals surface area contributed by atoms with Crippen molar-refractivity contribution in [3.05, 3.63) is 0 Å². The van der Waals surface area contributed by atoms with Crippen LogP contribution in [0.4, 0.5) is 0 Å². The first-order valence-electron chi connectivity index (χ1n) is 3.05. The maximum atomic E-state index is 10.7. The van der Waals surface area contributed by atoms with E-state index in [0.717, 1.165) is 0 Å². The maximum Gasteiger partial charge on any atom is 1.00 e. The first kappa shape index (κ1) is 14.9. The van der Waals surface area contributed by atoms with E-state index in [1.165, 1.54) is 20.9 Å². The molecule has 0 aliphatic carbocycles. The number of hydroxylamine groups is 2. The molecular weight excluding hydrogens is 193 g/mol. The van der Waals surface area contributed by atoms with Gasteiger partial charge in [-0.25, -0.2) is 5.06 Å². The van der Waals surface area contributed by atoms with Crippen LogP contribution < -0.4 is 29.6 Å². The van der Waals surface area contributed by atoms with Gasteiger partial charge in [0.1, 0.15) is 0 Å². The van der Waals surface area contributed by atoms with E-state index in [4.69, 9.17) is 0 Å². The van der Waals surface area contributed by atoms with Crippen molar-refractivity contribution in [1.82, 2.24) is 5.06 Å². The number of hydrogen-bond donors (Lipinski definition) is 0. The molecule has 12 heavy (non-hydrogen) atoms. The van der Waals surface area contributed by atoms with E-state index < -0.39 is 16.0 Å². The number of amides is 1. The van der Waals surface area contributed by atoms with Crippen LogP contribution >= 0.6 is 0 Å². The fourth-order valence-electron chi connectivity index (χ4n) is 0.276. The second kappa shape index (κ2) is 5.93. The Morgan fingerprint density at radius 1 is 1.58 bits per heavy atom. The molecule has 0 saturated carbocycles. The Kier molecular flexibility index (Phi) is 7.35. The summed E-state index contributed by atoms with van der Waals surface area (Å²) in [7, 11) is -2.31. The molecule has 0 N–H and O–H groups in total. The van der Waals surface area contributed by atoms with Crippen molar-refractivity contribution in [3.8, 4) is 0 Å². The van der Waals surface area contributed by atoms with Gasteiger partial charge in [-0.15, -0.1) is 4.28 Å². The quantitative estimate of drug-likeness (QED) is 0.361. The normalized spacial score (nSPS) is 10.2. The molecule has 0 atom stereocenters. The van der Waals surface area contributed by atoms with Crippen molar-refractivity contribution in [2.45, 2.75) is 13.8 Å². The molecule has 0 heterocycles. The second-order valence-corrected chi connectivity index (χ2v) is 3.78. The van der Waals surface area contributed by atoms with Crippen molar-refractivity contribution >= 4 is 16.0 Å². The molecule has 68 valence electrons. The average Bonchev–Trinajstić information content (AvgIpc) is 1.87. The van der Waals surface area contributed by atoms with Crippen LogP contribution in [0.2, 0.25) is 0 Å². The average molecular weight is 205 g/mol. The molecule has 0 saturated heterocycles. The number of rotatable bonds is 3. The van der Waals surface area contributed by atoms with Crippen LogP contribution in [0.5, 0.6) is 0 Å². The maximum absolute atomic E-state index is 10.7. The molecule has 0 aromatic heterocycles. The molecular formula is C5H12NNaO4S. The first-order chi connectivity index (χ1) is 4.89. The van der Waals surface area contributed by atoms with Crippen molar-refractivity contribution in [2.24, 2.45) is 0 Å². The Labute approximate surface area is 95.9 Å². The number of nitrogens with zero attached hydrogens (tertiary/aromatic N) is 1. The summed E-state index contributed by atoms with van der Waals surface area (Å²) in [4.78, 5) is 10.5. The molecule has 0 aliphatic heterocycles. The van der Waals surface area contributed by atoms with Gasteiger partial charge in [-0.05, 0) is 6.92 Å². The molecule has 1 amide bonds. The Morgan fingerprint density at radius 3 is 2.25 bits per heavy atom. The predicted molar refractivity (Wildman–Crippen MR) is 40.1 cm³/mol. The minimum Gasteiger partial charge on any atom is -1.00 e. The largest absolute Gasteiger partial charge is 1.00 e. The first-order valence-corrected chi connectivity index (χ1v) is 4.63. The van der Waals surface area contributed by atoms with Crippen LogP contribution in [-0.2, 0) is 19.2 Å². The van der Waals surface area contributed by atoms with Crippen molar-refractivity contribution in [3.63, 3.8) is 0 Å². The summed E-state index contributed by atoms with van der Waals surface area (Å²) in [5, 5.41) is 0.679. The van der Waals surface area contributed by atoms with Gasteiger partial charge in [0.2, 0.25) is 5.91 Å². The molecule has 0 aromatic carbocycles. The van der Waals surface area contributed by atoms with E-state index in [-0.39, 0.29) is 36.7 Å². The van der Waals surface area contributed by atoms with Crippen molar-refractivity contribution in [1.29, 1.82) is 0 Å². The van der Waals surface area contributed by atoms with Gasteiger partial charge in [0.05, 0.1) is 5.75 Å². The molecule has 0 spiro atoms. The minimum atomic E-state index is -3.56. The van der Waals surface area contributed by atoms with Gasteiger partial charge in [-0.3, -0.25) is 4.79 Å². The molecule has 0 fully saturated rings. The Bertz CT molecular complexity index is 243. The Morgan fingerprint density at radius 2 is 2.00 bits per heavy atom. The van der Waals surface area contributed by atoms with E-state index in [1.807, 2.05) is 0 Å². The molecule has 0 unspecified atom stereocenters. The third-order valence-electron chi connectivity index (χ3n) is 1.02. The van der Waals surface area contributed by atoms with E-state index in [0.29, 0.717) is 5.06 Å². The Balaban J connectivity index is -0.000000500. The van der Waals surface area contributed by atoms with Gasteiger partial charge in [0.25, 0.3) is 10.1 Å².